The average Bonchev–Trinajstić information content (AvgIpc) is 3.04. The van der Waals surface area contributed by atoms with Crippen molar-refractivity contribution in [2.24, 2.45) is 0 Å². The largest absolute Gasteiger partial charge is 0.347 e. The number of nitrogens with one attached hydrogen (secondary N) is 2. The molecule has 0 saturated carbocycles. The minimum Gasteiger partial charge on any atom is -0.347 e. The second-order valence-electron chi connectivity index (χ2n) is 4.69. The molecule has 2 aliphatic heterocycles. The fraction of sp³-hybridized carbons (Fsp3) is 0.583. The third kappa shape index (κ3) is 2.23. The first-order valence-corrected chi connectivity index (χ1v) is 8.01. The molecule has 92 valence electrons. The van der Waals surface area contributed by atoms with Crippen LogP contribution in [0.4, 0.5) is 0 Å². The van der Waals surface area contributed by atoms with Crippen LogP contribution < -0.4 is 10.6 Å². The first kappa shape index (κ1) is 11.6. The predicted molar refractivity (Wildman–Crippen MR) is 71.9 cm³/mol. The van der Waals surface area contributed by atoms with Gasteiger partial charge in [-0.05, 0) is 37.7 Å². The van der Waals surface area contributed by atoms with Crippen LogP contribution in [0.3, 0.4) is 0 Å². The first-order chi connectivity index (χ1) is 8.26. The predicted octanol–water partition coefficient (Wildman–Crippen LogP) is 2.09. The van der Waals surface area contributed by atoms with Gasteiger partial charge in [-0.25, -0.2) is 0 Å². The van der Waals surface area contributed by atoms with Crippen molar-refractivity contribution < 1.29 is 4.79 Å². The normalized spacial score (nSPS) is 30.8. The van der Waals surface area contributed by atoms with E-state index in [1.165, 1.54) is 17.1 Å². The Kier molecular flexibility index (Phi) is 3.15. The maximum absolute atomic E-state index is 12.1. The van der Waals surface area contributed by atoms with Crippen molar-refractivity contribution in [1.82, 2.24) is 10.6 Å². The first-order valence-electron chi connectivity index (χ1n) is 5.97. The zero-order valence-electron chi connectivity index (χ0n) is 9.73. The molecule has 0 radical (unpaired) electrons. The lowest BCUT2D eigenvalue weighted by Crippen LogP contribution is -2.42. The molecule has 1 aromatic heterocycles. The lowest BCUT2D eigenvalue weighted by molar-refractivity contribution is 0.0935. The highest BCUT2D eigenvalue weighted by Crippen LogP contribution is 2.29. The Morgan fingerprint density at radius 3 is 3.00 bits per heavy atom. The molecule has 3 nitrogen and oxygen atoms in total. The van der Waals surface area contributed by atoms with E-state index in [9.17, 15) is 4.79 Å². The van der Waals surface area contributed by atoms with Gasteiger partial charge in [-0.1, -0.05) is 0 Å². The Labute approximate surface area is 109 Å². The van der Waals surface area contributed by atoms with Crippen molar-refractivity contribution in [3.63, 3.8) is 0 Å². The molecule has 0 spiro atoms. The molecule has 0 aromatic carbocycles. The van der Waals surface area contributed by atoms with Crippen LogP contribution >= 0.6 is 23.1 Å². The standard InChI is InChI=1S/C12H16N2OS2/c1-16-11-5-4-10(17-11)12(15)14-9-6-7-2-3-8(9)13-7/h4-5,7-9,13H,2-3,6H2,1H3,(H,14,15)/t7?,8?,9-/m1/s1. The third-order valence-electron chi connectivity index (χ3n) is 3.62. The zero-order chi connectivity index (χ0) is 11.8. The molecular formula is C12H16N2OS2. The van der Waals surface area contributed by atoms with Crippen molar-refractivity contribution >= 4 is 29.0 Å². The molecule has 3 atom stereocenters. The lowest BCUT2D eigenvalue weighted by Gasteiger charge is -2.20. The summed E-state index contributed by atoms with van der Waals surface area (Å²) in [6.45, 7) is 0. The zero-order valence-corrected chi connectivity index (χ0v) is 11.4. The van der Waals surface area contributed by atoms with Gasteiger partial charge < -0.3 is 10.6 Å². The van der Waals surface area contributed by atoms with Gasteiger partial charge in [0.2, 0.25) is 0 Å². The number of thioether (sulfide) groups is 1. The fourth-order valence-corrected chi connectivity index (χ4v) is 4.22. The van der Waals surface area contributed by atoms with Crippen LogP contribution in [-0.4, -0.2) is 30.3 Å². The molecule has 2 N–H and O–H groups in total. The van der Waals surface area contributed by atoms with Gasteiger partial charge in [0.05, 0.1) is 9.09 Å². The van der Waals surface area contributed by atoms with E-state index < -0.39 is 0 Å². The Hall–Kier alpha value is -0.520. The fourth-order valence-electron chi connectivity index (χ4n) is 2.78. The van der Waals surface area contributed by atoms with Crippen LogP contribution in [0.5, 0.6) is 0 Å². The van der Waals surface area contributed by atoms with E-state index in [-0.39, 0.29) is 5.91 Å². The minimum atomic E-state index is 0.0923. The van der Waals surface area contributed by atoms with Crippen LogP contribution in [0, 0.1) is 0 Å². The van der Waals surface area contributed by atoms with E-state index in [0.29, 0.717) is 18.1 Å². The van der Waals surface area contributed by atoms with E-state index in [1.807, 2.05) is 18.4 Å². The third-order valence-corrected chi connectivity index (χ3v) is 5.79. The molecule has 2 bridgehead atoms. The second-order valence-corrected chi connectivity index (χ2v) is 6.88. The molecule has 2 aliphatic rings. The van der Waals surface area contributed by atoms with Gasteiger partial charge in [-0.2, -0.15) is 0 Å². The maximum atomic E-state index is 12.1. The van der Waals surface area contributed by atoms with E-state index in [4.69, 9.17) is 0 Å². The van der Waals surface area contributed by atoms with Gasteiger partial charge in [-0.15, -0.1) is 23.1 Å². The summed E-state index contributed by atoms with van der Waals surface area (Å²) in [5, 5.41) is 6.70. The van der Waals surface area contributed by atoms with Crippen molar-refractivity contribution in [2.45, 2.75) is 41.6 Å². The number of fused-ring (bicyclic) bond motifs is 2. The molecule has 3 rings (SSSR count). The summed E-state index contributed by atoms with van der Waals surface area (Å²) < 4.78 is 1.20. The summed E-state index contributed by atoms with van der Waals surface area (Å²) in [5.41, 5.74) is 0. The van der Waals surface area contributed by atoms with Crippen molar-refractivity contribution in [2.75, 3.05) is 6.26 Å². The number of thiophene rings is 1. The highest BCUT2D eigenvalue weighted by Gasteiger charge is 2.39. The van der Waals surface area contributed by atoms with Gasteiger partial charge in [-0.3, -0.25) is 4.79 Å². The summed E-state index contributed by atoms with van der Waals surface area (Å²) in [6.07, 6.45) is 5.60. The molecule has 1 aromatic rings. The molecule has 2 fully saturated rings. The summed E-state index contributed by atoms with van der Waals surface area (Å²) in [6, 6.07) is 5.41. The van der Waals surface area contributed by atoms with Crippen molar-refractivity contribution in [3.8, 4) is 0 Å². The van der Waals surface area contributed by atoms with Gasteiger partial charge >= 0.3 is 0 Å². The molecule has 0 aliphatic carbocycles. The highest BCUT2D eigenvalue weighted by atomic mass is 32.2. The van der Waals surface area contributed by atoms with Crippen LogP contribution in [0.2, 0.25) is 0 Å². The number of amides is 1. The monoisotopic (exact) mass is 268 g/mol. The topological polar surface area (TPSA) is 41.1 Å². The minimum absolute atomic E-state index is 0.0923. The summed E-state index contributed by atoms with van der Waals surface area (Å²) in [4.78, 5) is 12.9. The Morgan fingerprint density at radius 2 is 2.41 bits per heavy atom. The van der Waals surface area contributed by atoms with Gasteiger partial charge in [0, 0.05) is 18.1 Å². The number of carbonyl (C=O) groups excluding carboxylic acids is 1. The summed E-state index contributed by atoms with van der Waals surface area (Å²) >= 11 is 3.26. The van der Waals surface area contributed by atoms with Crippen LogP contribution in [0.1, 0.15) is 28.9 Å². The molecule has 17 heavy (non-hydrogen) atoms. The van der Waals surface area contributed by atoms with Crippen molar-refractivity contribution in [1.29, 1.82) is 0 Å². The summed E-state index contributed by atoms with van der Waals surface area (Å²) in [5.74, 6) is 0.0923. The second kappa shape index (κ2) is 4.63. The number of hydrogen-bond donors (Lipinski definition) is 2. The lowest BCUT2D eigenvalue weighted by atomic mass is 9.95. The van der Waals surface area contributed by atoms with Gasteiger partial charge in [0.15, 0.2) is 0 Å². The Morgan fingerprint density at radius 1 is 1.53 bits per heavy atom. The quantitative estimate of drug-likeness (QED) is 0.825. The van der Waals surface area contributed by atoms with Crippen LogP contribution in [-0.2, 0) is 0 Å². The number of hydrogen-bond acceptors (Lipinski definition) is 4. The molecule has 2 unspecified atom stereocenters. The van der Waals surface area contributed by atoms with E-state index in [1.54, 1.807) is 23.1 Å². The molecule has 3 heterocycles. The van der Waals surface area contributed by atoms with Crippen LogP contribution in [0.25, 0.3) is 0 Å². The van der Waals surface area contributed by atoms with Crippen LogP contribution in [0.15, 0.2) is 16.3 Å². The Balaban J connectivity index is 1.63. The number of rotatable bonds is 3. The van der Waals surface area contributed by atoms with Gasteiger partial charge in [0.1, 0.15) is 0 Å². The SMILES string of the molecule is CSc1ccc(C(=O)N[C@@H]2CC3CCC2N3)s1. The Bertz CT molecular complexity index is 432. The van der Waals surface area contributed by atoms with Gasteiger partial charge in [0.25, 0.3) is 5.91 Å². The summed E-state index contributed by atoms with van der Waals surface area (Å²) in [7, 11) is 0. The van der Waals surface area contributed by atoms with E-state index >= 15 is 0 Å². The smallest absolute Gasteiger partial charge is 0.261 e. The maximum Gasteiger partial charge on any atom is 0.261 e. The average molecular weight is 268 g/mol. The molecule has 2 saturated heterocycles. The highest BCUT2D eigenvalue weighted by molar-refractivity contribution is 8.00. The molecular weight excluding hydrogens is 252 g/mol. The number of carbonyl (C=O) groups is 1. The molecule has 5 heteroatoms. The van der Waals surface area contributed by atoms with Crippen molar-refractivity contribution in [3.05, 3.63) is 17.0 Å². The molecule has 1 amide bonds. The van der Waals surface area contributed by atoms with E-state index in [0.717, 1.165) is 11.3 Å². The van der Waals surface area contributed by atoms with E-state index in [2.05, 4.69) is 10.6 Å².